The first-order chi connectivity index (χ1) is 9.45. The summed E-state index contributed by atoms with van der Waals surface area (Å²) in [7, 11) is 1.77. The number of carbonyl (C=O) groups excluding carboxylic acids is 1. The number of rotatable bonds is 4. The molecule has 1 aromatic heterocycles. The molecule has 0 aliphatic carbocycles. The number of nitrogens with one attached hydrogen (secondary N) is 1. The summed E-state index contributed by atoms with van der Waals surface area (Å²) in [5.74, 6) is 1.46. The third-order valence-electron chi connectivity index (χ3n) is 3.37. The van der Waals surface area contributed by atoms with E-state index in [2.05, 4.69) is 41.2 Å². The number of likely N-dealkylation sites (N-methyl/N-ethyl adjacent to an activating group) is 1. The molecule has 0 unspecified atom stereocenters. The first kappa shape index (κ1) is 14.2. The third-order valence-corrected chi connectivity index (χ3v) is 3.37. The van der Waals surface area contributed by atoms with E-state index in [1.54, 1.807) is 11.9 Å². The number of H-pyrrole nitrogens is 1. The summed E-state index contributed by atoms with van der Waals surface area (Å²) in [5.41, 5.74) is 3.49. The van der Waals surface area contributed by atoms with Gasteiger partial charge in [-0.15, -0.1) is 0 Å². The number of carbonyl (C=O) groups is 1. The lowest BCUT2D eigenvalue weighted by Gasteiger charge is -2.15. The molecule has 5 nitrogen and oxygen atoms in total. The van der Waals surface area contributed by atoms with Crippen molar-refractivity contribution >= 4 is 5.91 Å². The van der Waals surface area contributed by atoms with E-state index in [0.717, 1.165) is 11.4 Å². The fourth-order valence-corrected chi connectivity index (χ4v) is 1.98. The number of aromatic nitrogens is 3. The summed E-state index contributed by atoms with van der Waals surface area (Å²) in [4.78, 5) is 18.0. The highest BCUT2D eigenvalue weighted by Gasteiger charge is 2.12. The number of nitrogens with zero attached hydrogens (tertiary/aromatic N) is 3. The molecule has 1 amide bonds. The Morgan fingerprint density at radius 3 is 2.60 bits per heavy atom. The Morgan fingerprint density at radius 2 is 2.00 bits per heavy atom. The van der Waals surface area contributed by atoms with Crippen LogP contribution in [0.5, 0.6) is 0 Å². The van der Waals surface area contributed by atoms with Crippen molar-refractivity contribution in [2.75, 3.05) is 7.05 Å². The van der Waals surface area contributed by atoms with Gasteiger partial charge in [0.25, 0.3) is 0 Å². The smallest absolute Gasteiger partial charge is 0.227 e. The van der Waals surface area contributed by atoms with Crippen LogP contribution >= 0.6 is 0 Å². The van der Waals surface area contributed by atoms with Gasteiger partial charge in [0.1, 0.15) is 5.82 Å². The van der Waals surface area contributed by atoms with E-state index in [1.165, 1.54) is 11.1 Å². The molecule has 1 N–H and O–H groups in total. The molecule has 0 aliphatic heterocycles. The molecule has 0 radical (unpaired) electrons. The summed E-state index contributed by atoms with van der Waals surface area (Å²) < 4.78 is 0. The van der Waals surface area contributed by atoms with Crippen molar-refractivity contribution in [1.82, 2.24) is 20.1 Å². The van der Waals surface area contributed by atoms with Crippen LogP contribution in [0.25, 0.3) is 0 Å². The predicted octanol–water partition coefficient (Wildman–Crippen LogP) is 1.93. The van der Waals surface area contributed by atoms with Gasteiger partial charge in [-0.1, -0.05) is 18.2 Å². The molecule has 0 spiro atoms. The number of amides is 1. The Kier molecular flexibility index (Phi) is 4.17. The van der Waals surface area contributed by atoms with Crippen LogP contribution in [0.15, 0.2) is 18.2 Å². The fraction of sp³-hybridized carbons (Fsp3) is 0.400. The summed E-state index contributed by atoms with van der Waals surface area (Å²) in [6, 6.07) is 6.12. The van der Waals surface area contributed by atoms with Crippen molar-refractivity contribution in [3.8, 4) is 0 Å². The van der Waals surface area contributed by atoms with Gasteiger partial charge < -0.3 is 4.90 Å². The Morgan fingerprint density at radius 1 is 1.25 bits per heavy atom. The summed E-state index contributed by atoms with van der Waals surface area (Å²) in [6.07, 6.45) is 0.404. The quantitative estimate of drug-likeness (QED) is 0.925. The maximum absolute atomic E-state index is 12.2. The Labute approximate surface area is 119 Å². The van der Waals surface area contributed by atoms with Gasteiger partial charge in [0.2, 0.25) is 5.91 Å². The summed E-state index contributed by atoms with van der Waals surface area (Å²) in [6.45, 7) is 6.39. The number of aryl methyl sites for hydroxylation is 3. The van der Waals surface area contributed by atoms with Crippen molar-refractivity contribution in [3.05, 3.63) is 46.5 Å². The molecule has 0 atom stereocenters. The number of aromatic amines is 1. The monoisotopic (exact) mass is 272 g/mol. The maximum atomic E-state index is 12.2. The van der Waals surface area contributed by atoms with Gasteiger partial charge in [-0.3, -0.25) is 9.89 Å². The minimum Gasteiger partial charge on any atom is -0.338 e. The molecular formula is C15H20N4O. The summed E-state index contributed by atoms with van der Waals surface area (Å²) in [5, 5.41) is 6.82. The molecule has 2 rings (SSSR count). The van der Waals surface area contributed by atoms with E-state index >= 15 is 0 Å². The number of hydrogen-bond donors (Lipinski definition) is 1. The minimum absolute atomic E-state index is 0.0655. The van der Waals surface area contributed by atoms with Crippen molar-refractivity contribution in [1.29, 1.82) is 0 Å². The van der Waals surface area contributed by atoms with E-state index in [0.29, 0.717) is 18.8 Å². The second-order valence-electron chi connectivity index (χ2n) is 5.18. The Hall–Kier alpha value is -2.17. The van der Waals surface area contributed by atoms with Crippen molar-refractivity contribution in [3.63, 3.8) is 0 Å². The van der Waals surface area contributed by atoms with Gasteiger partial charge in [-0.25, -0.2) is 4.98 Å². The standard InChI is InChI=1S/C15H20N4O/c1-10-5-6-13(7-11(10)2)8-15(20)19(4)9-14-16-12(3)17-18-14/h5-7H,8-9H2,1-4H3,(H,16,17,18). The Balaban J connectivity index is 1.98. The van der Waals surface area contributed by atoms with E-state index in [-0.39, 0.29) is 5.91 Å². The van der Waals surface area contributed by atoms with Crippen LogP contribution in [0.3, 0.4) is 0 Å². The lowest BCUT2D eigenvalue weighted by molar-refractivity contribution is -0.129. The van der Waals surface area contributed by atoms with Crippen LogP contribution in [0, 0.1) is 20.8 Å². The van der Waals surface area contributed by atoms with Crippen molar-refractivity contribution in [2.24, 2.45) is 0 Å². The van der Waals surface area contributed by atoms with Crippen LogP contribution < -0.4 is 0 Å². The fourth-order valence-electron chi connectivity index (χ4n) is 1.98. The highest BCUT2D eigenvalue weighted by Crippen LogP contribution is 2.11. The largest absolute Gasteiger partial charge is 0.338 e. The van der Waals surface area contributed by atoms with Crippen molar-refractivity contribution in [2.45, 2.75) is 33.7 Å². The van der Waals surface area contributed by atoms with Gasteiger partial charge in [0.05, 0.1) is 13.0 Å². The van der Waals surface area contributed by atoms with Gasteiger partial charge in [0, 0.05) is 7.05 Å². The predicted molar refractivity (Wildman–Crippen MR) is 77.2 cm³/mol. The van der Waals surface area contributed by atoms with Crippen LogP contribution in [-0.4, -0.2) is 33.0 Å². The molecule has 106 valence electrons. The number of benzene rings is 1. The number of hydrogen-bond acceptors (Lipinski definition) is 3. The lowest BCUT2D eigenvalue weighted by Crippen LogP contribution is -2.28. The van der Waals surface area contributed by atoms with Gasteiger partial charge in [0.15, 0.2) is 5.82 Å². The van der Waals surface area contributed by atoms with Gasteiger partial charge >= 0.3 is 0 Å². The molecule has 5 heteroatoms. The van der Waals surface area contributed by atoms with Crippen molar-refractivity contribution < 1.29 is 4.79 Å². The minimum atomic E-state index is 0.0655. The second-order valence-corrected chi connectivity index (χ2v) is 5.18. The van der Waals surface area contributed by atoms with Crippen LogP contribution in [0.2, 0.25) is 0 Å². The van der Waals surface area contributed by atoms with E-state index < -0.39 is 0 Å². The van der Waals surface area contributed by atoms with E-state index in [4.69, 9.17) is 0 Å². The average molecular weight is 272 g/mol. The molecule has 0 saturated heterocycles. The SMILES string of the molecule is Cc1nc(CN(C)C(=O)Cc2ccc(C)c(C)c2)n[nH]1. The molecule has 0 bridgehead atoms. The zero-order valence-corrected chi connectivity index (χ0v) is 12.4. The molecule has 1 heterocycles. The molecule has 0 saturated carbocycles. The molecule has 0 fully saturated rings. The van der Waals surface area contributed by atoms with E-state index in [1.807, 2.05) is 13.0 Å². The van der Waals surface area contributed by atoms with Crippen LogP contribution in [-0.2, 0) is 17.8 Å². The van der Waals surface area contributed by atoms with Gasteiger partial charge in [-0.05, 0) is 37.5 Å². The highest BCUT2D eigenvalue weighted by molar-refractivity contribution is 5.78. The zero-order valence-electron chi connectivity index (χ0n) is 12.4. The molecule has 2 aromatic rings. The Bertz CT molecular complexity index is 618. The lowest BCUT2D eigenvalue weighted by atomic mass is 10.0. The average Bonchev–Trinajstić information content (AvgIpc) is 2.79. The molecule has 20 heavy (non-hydrogen) atoms. The highest BCUT2D eigenvalue weighted by atomic mass is 16.2. The van der Waals surface area contributed by atoms with Crippen LogP contribution in [0.1, 0.15) is 28.3 Å². The topological polar surface area (TPSA) is 61.9 Å². The van der Waals surface area contributed by atoms with E-state index in [9.17, 15) is 4.79 Å². The molecule has 0 aliphatic rings. The summed E-state index contributed by atoms with van der Waals surface area (Å²) >= 11 is 0. The second kappa shape index (κ2) is 5.86. The first-order valence-electron chi connectivity index (χ1n) is 6.63. The molecular weight excluding hydrogens is 252 g/mol. The first-order valence-corrected chi connectivity index (χ1v) is 6.63. The van der Waals surface area contributed by atoms with Gasteiger partial charge in [-0.2, -0.15) is 5.10 Å². The normalized spacial score (nSPS) is 10.6. The third kappa shape index (κ3) is 3.44. The molecule has 1 aromatic carbocycles. The van der Waals surface area contributed by atoms with Crippen LogP contribution in [0.4, 0.5) is 0 Å². The zero-order chi connectivity index (χ0) is 14.7. The maximum Gasteiger partial charge on any atom is 0.227 e.